The summed E-state index contributed by atoms with van der Waals surface area (Å²) in [6.45, 7) is 5.39. The lowest BCUT2D eigenvalue weighted by Gasteiger charge is -2.33. The van der Waals surface area contributed by atoms with Gasteiger partial charge >= 0.3 is 6.09 Å². The van der Waals surface area contributed by atoms with Crippen LogP contribution in [-0.4, -0.2) is 28.4 Å². The number of amides is 2. The van der Waals surface area contributed by atoms with Crippen molar-refractivity contribution < 1.29 is 14.7 Å². The second-order valence-electron chi connectivity index (χ2n) is 7.47. The molecule has 142 valence electrons. The van der Waals surface area contributed by atoms with E-state index in [9.17, 15) is 14.7 Å². The van der Waals surface area contributed by atoms with Crippen molar-refractivity contribution in [3.63, 3.8) is 0 Å². The Labute approximate surface area is 162 Å². The fourth-order valence-corrected chi connectivity index (χ4v) is 3.11. The lowest BCUT2D eigenvalue weighted by Crippen LogP contribution is -2.45. The molecule has 1 aliphatic heterocycles. The van der Waals surface area contributed by atoms with Gasteiger partial charge in [-0.2, -0.15) is 5.26 Å². The van der Waals surface area contributed by atoms with Gasteiger partial charge in [-0.25, -0.2) is 4.79 Å². The maximum atomic E-state index is 12.4. The Hall–Kier alpha value is -3.66. The number of anilines is 2. The highest BCUT2D eigenvalue weighted by molar-refractivity contribution is 6.17. The van der Waals surface area contributed by atoms with Gasteiger partial charge in [0.15, 0.2) is 0 Å². The number of aliphatic imine (C=N–C) groups is 1. The number of nitriles is 1. The number of carboxylic acid groups (broad SMARTS) is 1. The SMILES string of the molecule is CC(C)(C)N(C(=O)O)c1ccc2c(c1)NC(=O)CC(c1cccc(C#N)c1)=N2. The van der Waals surface area contributed by atoms with Crippen LogP contribution in [0.2, 0.25) is 0 Å². The summed E-state index contributed by atoms with van der Waals surface area (Å²) in [5, 5.41) is 21.5. The average molecular weight is 376 g/mol. The molecule has 0 radical (unpaired) electrons. The smallest absolute Gasteiger partial charge is 0.412 e. The number of benzene rings is 2. The van der Waals surface area contributed by atoms with Crippen LogP contribution in [0.3, 0.4) is 0 Å². The van der Waals surface area contributed by atoms with Gasteiger partial charge in [0, 0.05) is 11.2 Å². The van der Waals surface area contributed by atoms with Crippen molar-refractivity contribution in [1.82, 2.24) is 0 Å². The normalized spacial score (nSPS) is 13.5. The predicted octanol–water partition coefficient (Wildman–Crippen LogP) is 4.30. The molecule has 28 heavy (non-hydrogen) atoms. The predicted molar refractivity (Wildman–Crippen MR) is 107 cm³/mol. The van der Waals surface area contributed by atoms with Crippen LogP contribution in [0.5, 0.6) is 0 Å². The summed E-state index contributed by atoms with van der Waals surface area (Å²) in [6, 6.07) is 14.0. The van der Waals surface area contributed by atoms with Gasteiger partial charge in [0.2, 0.25) is 5.91 Å². The zero-order valence-corrected chi connectivity index (χ0v) is 15.9. The first kappa shape index (κ1) is 19.1. The van der Waals surface area contributed by atoms with Gasteiger partial charge in [0.1, 0.15) is 0 Å². The molecule has 0 atom stereocenters. The molecule has 0 saturated heterocycles. The van der Waals surface area contributed by atoms with E-state index in [4.69, 9.17) is 5.26 Å². The highest BCUT2D eigenvalue weighted by Gasteiger charge is 2.29. The van der Waals surface area contributed by atoms with Crippen molar-refractivity contribution in [2.24, 2.45) is 4.99 Å². The van der Waals surface area contributed by atoms with Crippen molar-refractivity contribution >= 4 is 34.8 Å². The van der Waals surface area contributed by atoms with E-state index in [2.05, 4.69) is 16.4 Å². The fraction of sp³-hybridized carbons (Fsp3) is 0.238. The molecule has 7 heteroatoms. The van der Waals surface area contributed by atoms with E-state index in [0.717, 1.165) is 0 Å². The lowest BCUT2D eigenvalue weighted by atomic mass is 10.0. The molecule has 1 heterocycles. The van der Waals surface area contributed by atoms with Gasteiger partial charge in [-0.05, 0) is 56.7 Å². The molecule has 0 saturated carbocycles. The molecule has 0 spiro atoms. The van der Waals surface area contributed by atoms with E-state index in [1.165, 1.54) is 4.90 Å². The first-order chi connectivity index (χ1) is 13.2. The van der Waals surface area contributed by atoms with E-state index in [-0.39, 0.29) is 12.3 Å². The monoisotopic (exact) mass is 376 g/mol. The van der Waals surface area contributed by atoms with Crippen molar-refractivity contribution in [1.29, 1.82) is 5.26 Å². The number of carbonyl (C=O) groups is 2. The quantitative estimate of drug-likeness (QED) is 0.815. The van der Waals surface area contributed by atoms with Crippen LogP contribution in [0.25, 0.3) is 0 Å². The molecule has 3 rings (SSSR count). The minimum atomic E-state index is -1.08. The third kappa shape index (κ3) is 3.86. The van der Waals surface area contributed by atoms with Gasteiger partial charge < -0.3 is 10.4 Å². The van der Waals surface area contributed by atoms with Crippen molar-refractivity contribution in [2.45, 2.75) is 32.7 Å². The Morgan fingerprint density at radius 2 is 2.00 bits per heavy atom. The lowest BCUT2D eigenvalue weighted by molar-refractivity contribution is -0.115. The van der Waals surface area contributed by atoms with Gasteiger partial charge in [-0.1, -0.05) is 12.1 Å². The minimum absolute atomic E-state index is 0.0564. The van der Waals surface area contributed by atoms with E-state index >= 15 is 0 Å². The summed E-state index contributed by atoms with van der Waals surface area (Å²) in [4.78, 5) is 30.0. The molecule has 7 nitrogen and oxygen atoms in total. The number of carbonyl (C=O) groups excluding carboxylic acids is 1. The van der Waals surface area contributed by atoms with Gasteiger partial charge in [0.05, 0.1) is 35.1 Å². The number of hydrogen-bond acceptors (Lipinski definition) is 4. The summed E-state index contributed by atoms with van der Waals surface area (Å²) in [6.07, 6.45) is -1.02. The van der Waals surface area contributed by atoms with Crippen molar-refractivity contribution in [2.75, 3.05) is 10.2 Å². The molecule has 0 bridgehead atoms. The highest BCUT2D eigenvalue weighted by atomic mass is 16.4. The Balaban J connectivity index is 2.07. The molecule has 0 unspecified atom stereocenters. The Bertz CT molecular complexity index is 1030. The van der Waals surface area contributed by atoms with E-state index < -0.39 is 11.6 Å². The number of rotatable bonds is 2. The van der Waals surface area contributed by atoms with E-state index in [1.807, 2.05) is 0 Å². The molecular formula is C21H20N4O3. The molecule has 0 aliphatic carbocycles. The van der Waals surface area contributed by atoms with Gasteiger partial charge in [-0.15, -0.1) is 0 Å². The van der Waals surface area contributed by atoms with Crippen LogP contribution in [0, 0.1) is 11.3 Å². The van der Waals surface area contributed by atoms with Crippen LogP contribution in [-0.2, 0) is 4.79 Å². The summed E-state index contributed by atoms with van der Waals surface area (Å²) in [5.74, 6) is -0.255. The Kier molecular flexibility index (Phi) is 4.89. The minimum Gasteiger partial charge on any atom is -0.465 e. The molecule has 1 aliphatic rings. The van der Waals surface area contributed by atoms with E-state index in [1.54, 1.807) is 63.2 Å². The van der Waals surface area contributed by atoms with Crippen LogP contribution >= 0.6 is 0 Å². The maximum Gasteiger partial charge on any atom is 0.412 e. The molecule has 2 aromatic carbocycles. The summed E-state index contributed by atoms with van der Waals surface area (Å²) in [7, 11) is 0. The van der Waals surface area contributed by atoms with Crippen LogP contribution < -0.4 is 10.2 Å². The third-order valence-corrected chi connectivity index (χ3v) is 4.28. The van der Waals surface area contributed by atoms with Crippen LogP contribution in [0.15, 0.2) is 47.5 Å². The number of fused-ring (bicyclic) bond motifs is 1. The number of nitrogens with one attached hydrogen (secondary N) is 1. The van der Waals surface area contributed by atoms with Crippen molar-refractivity contribution in [3.8, 4) is 6.07 Å². The Morgan fingerprint density at radius 3 is 2.64 bits per heavy atom. The molecule has 2 N–H and O–H groups in total. The molecule has 0 aromatic heterocycles. The van der Waals surface area contributed by atoms with Gasteiger partial charge in [-0.3, -0.25) is 14.7 Å². The standard InChI is InChI=1S/C21H20N4O3/c1-21(2,3)25(20(27)28)15-7-8-16-18(10-15)24-19(26)11-17(23-16)14-6-4-5-13(9-14)12-22/h4-10H,11H2,1-3H3,(H,24,26)(H,27,28). The van der Waals surface area contributed by atoms with Gasteiger partial charge in [0.25, 0.3) is 0 Å². The maximum absolute atomic E-state index is 12.4. The van der Waals surface area contributed by atoms with Crippen LogP contribution in [0.4, 0.5) is 21.9 Å². The first-order valence-corrected chi connectivity index (χ1v) is 8.74. The summed E-state index contributed by atoms with van der Waals surface area (Å²) in [5.41, 5.74) is 2.52. The third-order valence-electron chi connectivity index (χ3n) is 4.28. The summed E-state index contributed by atoms with van der Waals surface area (Å²) < 4.78 is 0. The number of nitrogens with zero attached hydrogens (tertiary/aromatic N) is 3. The molecule has 2 amide bonds. The average Bonchev–Trinajstić information content (AvgIpc) is 2.78. The highest BCUT2D eigenvalue weighted by Crippen LogP contribution is 2.35. The summed E-state index contributed by atoms with van der Waals surface area (Å²) >= 11 is 0. The molecule has 2 aromatic rings. The van der Waals surface area contributed by atoms with E-state index in [0.29, 0.717) is 33.9 Å². The van der Waals surface area contributed by atoms with Crippen LogP contribution in [0.1, 0.15) is 38.3 Å². The molecule has 0 fully saturated rings. The zero-order chi connectivity index (χ0) is 20.5. The topological polar surface area (TPSA) is 106 Å². The second kappa shape index (κ2) is 7.16. The van der Waals surface area contributed by atoms with Crippen molar-refractivity contribution in [3.05, 3.63) is 53.6 Å². The second-order valence-corrected chi connectivity index (χ2v) is 7.47. The zero-order valence-electron chi connectivity index (χ0n) is 15.9. The largest absolute Gasteiger partial charge is 0.465 e. The molecular weight excluding hydrogens is 356 g/mol. The Morgan fingerprint density at radius 1 is 1.25 bits per heavy atom. The number of hydrogen-bond donors (Lipinski definition) is 2. The first-order valence-electron chi connectivity index (χ1n) is 8.74. The fourth-order valence-electron chi connectivity index (χ4n) is 3.11.